The van der Waals surface area contributed by atoms with E-state index in [0.717, 1.165) is 19.3 Å². The van der Waals surface area contributed by atoms with Gasteiger partial charge in [-0.2, -0.15) is 0 Å². The van der Waals surface area contributed by atoms with Crippen LogP contribution in [0.25, 0.3) is 0 Å². The highest BCUT2D eigenvalue weighted by molar-refractivity contribution is 5.77. The molecule has 1 fully saturated rings. The van der Waals surface area contributed by atoms with Crippen molar-refractivity contribution in [3.05, 3.63) is 0 Å². The van der Waals surface area contributed by atoms with Crippen LogP contribution in [0.3, 0.4) is 0 Å². The average molecular weight is 228 g/mol. The Kier molecular flexibility index (Phi) is 5.22. The van der Waals surface area contributed by atoms with Crippen molar-refractivity contribution in [2.45, 2.75) is 45.1 Å². The molecule has 1 rings (SSSR count). The number of rotatable bonds is 5. The Labute approximate surface area is 97.8 Å². The summed E-state index contributed by atoms with van der Waals surface area (Å²) in [7, 11) is 0. The molecule has 0 heterocycles. The maximum Gasteiger partial charge on any atom is 0.233 e. The predicted molar refractivity (Wildman–Crippen MR) is 64.1 cm³/mol. The van der Waals surface area contributed by atoms with Crippen LogP contribution in [-0.4, -0.2) is 36.2 Å². The van der Waals surface area contributed by atoms with E-state index in [-0.39, 0.29) is 5.91 Å². The first-order valence-corrected chi connectivity index (χ1v) is 6.25. The van der Waals surface area contributed by atoms with Gasteiger partial charge in [0.25, 0.3) is 0 Å². The maximum absolute atomic E-state index is 11.2. The highest BCUT2D eigenvalue weighted by Gasteiger charge is 2.32. The van der Waals surface area contributed by atoms with Crippen LogP contribution in [0, 0.1) is 5.92 Å². The monoisotopic (exact) mass is 228 g/mol. The van der Waals surface area contributed by atoms with Gasteiger partial charge in [-0.3, -0.25) is 4.79 Å². The second-order valence-corrected chi connectivity index (χ2v) is 4.98. The Morgan fingerprint density at radius 2 is 2.31 bits per heavy atom. The number of aliphatic hydroxyl groups is 1. The van der Waals surface area contributed by atoms with E-state index in [4.69, 9.17) is 0 Å². The minimum atomic E-state index is -0.607. The lowest BCUT2D eigenvalue weighted by Gasteiger charge is -2.35. The molecule has 16 heavy (non-hydrogen) atoms. The number of hydrogen-bond acceptors (Lipinski definition) is 3. The van der Waals surface area contributed by atoms with Crippen molar-refractivity contribution in [1.29, 1.82) is 0 Å². The van der Waals surface area contributed by atoms with Crippen molar-refractivity contribution in [2.75, 3.05) is 19.6 Å². The Morgan fingerprint density at radius 1 is 1.56 bits per heavy atom. The molecule has 0 saturated heterocycles. The topological polar surface area (TPSA) is 61.4 Å². The van der Waals surface area contributed by atoms with Gasteiger partial charge in [0, 0.05) is 13.1 Å². The first-order valence-electron chi connectivity index (χ1n) is 6.25. The van der Waals surface area contributed by atoms with Crippen LogP contribution in [0.1, 0.15) is 39.5 Å². The van der Waals surface area contributed by atoms with E-state index in [1.54, 1.807) is 0 Å². The van der Waals surface area contributed by atoms with Crippen molar-refractivity contribution in [2.24, 2.45) is 5.92 Å². The summed E-state index contributed by atoms with van der Waals surface area (Å²) in [6.45, 7) is 5.54. The second-order valence-electron chi connectivity index (χ2n) is 4.98. The summed E-state index contributed by atoms with van der Waals surface area (Å²) in [5.74, 6) is 0.583. The summed E-state index contributed by atoms with van der Waals surface area (Å²) in [6, 6.07) is 0. The zero-order valence-electron chi connectivity index (χ0n) is 10.4. The van der Waals surface area contributed by atoms with E-state index in [9.17, 15) is 9.90 Å². The van der Waals surface area contributed by atoms with Crippen LogP contribution in [-0.2, 0) is 4.79 Å². The van der Waals surface area contributed by atoms with E-state index >= 15 is 0 Å². The Balaban J connectivity index is 2.22. The lowest BCUT2D eigenvalue weighted by molar-refractivity contribution is -0.120. The van der Waals surface area contributed by atoms with Crippen molar-refractivity contribution in [1.82, 2.24) is 10.6 Å². The molecular formula is C12H24N2O2. The van der Waals surface area contributed by atoms with Gasteiger partial charge in [0.1, 0.15) is 0 Å². The molecule has 0 radical (unpaired) electrons. The van der Waals surface area contributed by atoms with Gasteiger partial charge in [0.15, 0.2) is 0 Å². The first kappa shape index (κ1) is 13.5. The molecule has 1 aliphatic carbocycles. The molecule has 1 aliphatic rings. The average Bonchev–Trinajstić information content (AvgIpc) is 2.17. The van der Waals surface area contributed by atoms with Crippen molar-refractivity contribution >= 4 is 5.91 Å². The van der Waals surface area contributed by atoms with Crippen LogP contribution >= 0.6 is 0 Å². The Bertz CT molecular complexity index is 233. The summed E-state index contributed by atoms with van der Waals surface area (Å²) in [5.41, 5.74) is -0.607. The van der Waals surface area contributed by atoms with E-state index in [1.807, 2.05) is 6.92 Å². The molecule has 3 N–H and O–H groups in total. The van der Waals surface area contributed by atoms with Gasteiger partial charge in [0.2, 0.25) is 5.91 Å². The summed E-state index contributed by atoms with van der Waals surface area (Å²) in [5, 5.41) is 16.1. The minimum Gasteiger partial charge on any atom is -0.389 e. The molecular weight excluding hydrogens is 204 g/mol. The summed E-state index contributed by atoms with van der Waals surface area (Å²) in [4.78, 5) is 11.2. The van der Waals surface area contributed by atoms with Gasteiger partial charge >= 0.3 is 0 Å². The Morgan fingerprint density at radius 3 is 2.94 bits per heavy atom. The highest BCUT2D eigenvalue weighted by Crippen LogP contribution is 2.31. The van der Waals surface area contributed by atoms with Crippen molar-refractivity contribution < 1.29 is 9.90 Å². The van der Waals surface area contributed by atoms with Crippen molar-refractivity contribution in [3.63, 3.8) is 0 Å². The third-order valence-electron chi connectivity index (χ3n) is 3.18. The number of carbonyl (C=O) groups excluding carboxylic acids is 1. The fourth-order valence-electron chi connectivity index (χ4n) is 2.46. The molecule has 0 aromatic rings. The largest absolute Gasteiger partial charge is 0.389 e. The Hall–Kier alpha value is -0.610. The smallest absolute Gasteiger partial charge is 0.233 e. The van der Waals surface area contributed by atoms with Gasteiger partial charge < -0.3 is 15.7 Å². The minimum absolute atomic E-state index is 0.00467. The molecule has 4 heteroatoms. The third kappa shape index (κ3) is 4.49. The molecule has 2 atom stereocenters. The molecule has 1 saturated carbocycles. The van der Waals surface area contributed by atoms with Gasteiger partial charge in [0.05, 0.1) is 12.1 Å². The molecule has 0 aliphatic heterocycles. The van der Waals surface area contributed by atoms with E-state index < -0.39 is 5.60 Å². The molecule has 0 bridgehead atoms. The SMILES string of the molecule is CCNC(=O)CNCC1(O)CCCC(C)C1. The quantitative estimate of drug-likeness (QED) is 0.647. The van der Waals surface area contributed by atoms with Crippen molar-refractivity contribution in [3.8, 4) is 0 Å². The van der Waals surface area contributed by atoms with Crippen LogP contribution in [0.5, 0.6) is 0 Å². The molecule has 1 amide bonds. The molecule has 94 valence electrons. The number of likely N-dealkylation sites (N-methyl/N-ethyl adjacent to an activating group) is 1. The third-order valence-corrected chi connectivity index (χ3v) is 3.18. The number of carbonyl (C=O) groups is 1. The fraction of sp³-hybridized carbons (Fsp3) is 0.917. The molecule has 2 unspecified atom stereocenters. The molecule has 0 spiro atoms. The van der Waals surface area contributed by atoms with E-state index in [0.29, 0.717) is 25.6 Å². The number of amides is 1. The van der Waals surface area contributed by atoms with Crippen LogP contribution in [0.2, 0.25) is 0 Å². The maximum atomic E-state index is 11.2. The highest BCUT2D eigenvalue weighted by atomic mass is 16.3. The number of hydrogen-bond donors (Lipinski definition) is 3. The lowest BCUT2D eigenvalue weighted by atomic mass is 9.79. The molecule has 0 aromatic heterocycles. The summed E-state index contributed by atoms with van der Waals surface area (Å²) in [6.07, 6.45) is 3.98. The van der Waals surface area contributed by atoms with Gasteiger partial charge in [-0.15, -0.1) is 0 Å². The summed E-state index contributed by atoms with van der Waals surface area (Å²) >= 11 is 0. The van der Waals surface area contributed by atoms with Crippen LogP contribution < -0.4 is 10.6 Å². The summed E-state index contributed by atoms with van der Waals surface area (Å²) < 4.78 is 0. The van der Waals surface area contributed by atoms with Gasteiger partial charge in [-0.1, -0.05) is 19.8 Å². The second kappa shape index (κ2) is 6.21. The van der Waals surface area contributed by atoms with Gasteiger partial charge in [-0.25, -0.2) is 0 Å². The van der Waals surface area contributed by atoms with Gasteiger partial charge in [-0.05, 0) is 25.7 Å². The van der Waals surface area contributed by atoms with E-state index in [1.165, 1.54) is 6.42 Å². The molecule has 4 nitrogen and oxygen atoms in total. The van der Waals surface area contributed by atoms with Crippen LogP contribution in [0.4, 0.5) is 0 Å². The standard InChI is InChI=1S/C12H24N2O2/c1-3-14-11(15)8-13-9-12(16)6-4-5-10(2)7-12/h10,13,16H,3-9H2,1-2H3,(H,14,15). The zero-order valence-corrected chi connectivity index (χ0v) is 10.4. The first-order chi connectivity index (χ1) is 7.56. The predicted octanol–water partition coefficient (Wildman–Crippen LogP) is 0.653. The normalized spacial score (nSPS) is 30.1. The molecule has 0 aromatic carbocycles. The van der Waals surface area contributed by atoms with Crippen LogP contribution in [0.15, 0.2) is 0 Å². The number of nitrogens with one attached hydrogen (secondary N) is 2. The van der Waals surface area contributed by atoms with E-state index in [2.05, 4.69) is 17.6 Å². The zero-order chi connectivity index (χ0) is 12.0. The fourth-order valence-corrected chi connectivity index (χ4v) is 2.46. The lowest BCUT2D eigenvalue weighted by Crippen LogP contribution is -2.46.